The second-order valence-electron chi connectivity index (χ2n) is 3.41. The Labute approximate surface area is 67.9 Å². The molecule has 0 aromatic heterocycles. The van der Waals surface area contributed by atoms with Crippen LogP contribution in [0.5, 0.6) is 0 Å². The maximum absolute atomic E-state index is 11.1. The van der Waals surface area contributed by atoms with E-state index < -0.39 is 0 Å². The van der Waals surface area contributed by atoms with Crippen molar-refractivity contribution in [3.63, 3.8) is 0 Å². The van der Waals surface area contributed by atoms with Crippen LogP contribution in [-0.2, 0) is 9.53 Å². The molecule has 1 rings (SSSR count). The summed E-state index contributed by atoms with van der Waals surface area (Å²) in [4.78, 5) is 11.1. The lowest BCUT2D eigenvalue weighted by molar-refractivity contribution is -0.121. The van der Waals surface area contributed by atoms with Gasteiger partial charge in [-0.3, -0.25) is 4.79 Å². The lowest BCUT2D eigenvalue weighted by Gasteiger charge is -2.05. The molecule has 0 unspecified atom stereocenters. The Kier molecular flexibility index (Phi) is 3.06. The molecule has 0 aliphatic heterocycles. The largest absolute Gasteiger partial charge is 0.378 e. The SMILES string of the molecule is CC(C)OCCC(=O)C1CC1. The smallest absolute Gasteiger partial charge is 0.138 e. The van der Waals surface area contributed by atoms with Crippen LogP contribution < -0.4 is 0 Å². The Morgan fingerprint density at radius 2 is 2.18 bits per heavy atom. The zero-order chi connectivity index (χ0) is 8.27. The number of hydrogen-bond acceptors (Lipinski definition) is 2. The molecule has 1 saturated carbocycles. The number of ketones is 1. The zero-order valence-electron chi connectivity index (χ0n) is 7.30. The van der Waals surface area contributed by atoms with Crippen molar-refractivity contribution < 1.29 is 9.53 Å². The first kappa shape index (κ1) is 8.72. The summed E-state index contributed by atoms with van der Waals surface area (Å²) in [5.41, 5.74) is 0. The molecular weight excluding hydrogens is 140 g/mol. The highest BCUT2D eigenvalue weighted by molar-refractivity contribution is 5.83. The molecule has 2 nitrogen and oxygen atoms in total. The number of hydrogen-bond donors (Lipinski definition) is 0. The van der Waals surface area contributed by atoms with Gasteiger partial charge in [0, 0.05) is 12.3 Å². The lowest BCUT2D eigenvalue weighted by Crippen LogP contribution is -2.09. The Morgan fingerprint density at radius 3 is 2.64 bits per heavy atom. The number of carbonyl (C=O) groups excluding carboxylic acids is 1. The summed E-state index contributed by atoms with van der Waals surface area (Å²) in [5, 5.41) is 0. The first-order valence-electron chi connectivity index (χ1n) is 4.34. The van der Waals surface area contributed by atoms with Gasteiger partial charge in [-0.1, -0.05) is 0 Å². The Morgan fingerprint density at radius 1 is 1.55 bits per heavy atom. The van der Waals surface area contributed by atoms with Gasteiger partial charge in [0.25, 0.3) is 0 Å². The van der Waals surface area contributed by atoms with Gasteiger partial charge in [-0.15, -0.1) is 0 Å². The van der Waals surface area contributed by atoms with Crippen LogP contribution >= 0.6 is 0 Å². The molecule has 0 aromatic carbocycles. The first-order valence-corrected chi connectivity index (χ1v) is 4.34. The molecule has 0 saturated heterocycles. The van der Waals surface area contributed by atoms with Crippen molar-refractivity contribution in [2.75, 3.05) is 6.61 Å². The van der Waals surface area contributed by atoms with Crippen molar-refractivity contribution in [2.45, 2.75) is 39.2 Å². The van der Waals surface area contributed by atoms with E-state index in [0.717, 1.165) is 12.8 Å². The maximum Gasteiger partial charge on any atom is 0.138 e. The molecule has 0 spiro atoms. The van der Waals surface area contributed by atoms with E-state index in [4.69, 9.17) is 4.74 Å². The van der Waals surface area contributed by atoms with Crippen molar-refractivity contribution in [1.82, 2.24) is 0 Å². The molecule has 0 atom stereocenters. The predicted molar refractivity (Wildman–Crippen MR) is 43.4 cm³/mol. The Hall–Kier alpha value is -0.370. The van der Waals surface area contributed by atoms with Gasteiger partial charge in [-0.25, -0.2) is 0 Å². The highest BCUT2D eigenvalue weighted by Crippen LogP contribution is 2.30. The minimum absolute atomic E-state index is 0.252. The molecule has 0 amide bonds. The summed E-state index contributed by atoms with van der Waals surface area (Å²) in [7, 11) is 0. The van der Waals surface area contributed by atoms with E-state index in [1.54, 1.807) is 0 Å². The van der Waals surface area contributed by atoms with E-state index >= 15 is 0 Å². The standard InChI is InChI=1S/C9H16O2/c1-7(2)11-6-5-9(10)8-3-4-8/h7-8H,3-6H2,1-2H3. The summed E-state index contributed by atoms with van der Waals surface area (Å²) < 4.78 is 5.27. The molecule has 11 heavy (non-hydrogen) atoms. The van der Waals surface area contributed by atoms with Gasteiger partial charge < -0.3 is 4.74 Å². The molecule has 64 valence electrons. The molecule has 0 heterocycles. The summed E-state index contributed by atoms with van der Waals surface area (Å²) >= 11 is 0. The van der Waals surface area contributed by atoms with Crippen molar-refractivity contribution >= 4 is 5.78 Å². The van der Waals surface area contributed by atoms with Crippen LogP contribution in [0.1, 0.15) is 33.1 Å². The van der Waals surface area contributed by atoms with Gasteiger partial charge in [-0.05, 0) is 26.7 Å². The van der Waals surface area contributed by atoms with Crippen LogP contribution in [0.15, 0.2) is 0 Å². The number of carbonyl (C=O) groups is 1. The monoisotopic (exact) mass is 156 g/mol. The maximum atomic E-state index is 11.1. The summed E-state index contributed by atoms with van der Waals surface area (Å²) in [6, 6.07) is 0. The molecule has 0 radical (unpaired) electrons. The number of Topliss-reactive ketones (excluding diaryl/α,β-unsaturated/α-hetero) is 1. The van der Waals surface area contributed by atoms with E-state index in [2.05, 4.69) is 0 Å². The van der Waals surface area contributed by atoms with E-state index in [1.807, 2.05) is 13.8 Å². The molecule has 1 aliphatic rings. The molecule has 2 heteroatoms. The van der Waals surface area contributed by atoms with Crippen LogP contribution in [-0.4, -0.2) is 18.5 Å². The third-order valence-corrected chi connectivity index (χ3v) is 1.83. The van der Waals surface area contributed by atoms with Gasteiger partial charge in [0.1, 0.15) is 5.78 Å². The quantitative estimate of drug-likeness (QED) is 0.606. The van der Waals surface area contributed by atoms with Crippen molar-refractivity contribution in [3.8, 4) is 0 Å². The summed E-state index contributed by atoms with van der Waals surface area (Å²) in [6.07, 6.45) is 3.09. The van der Waals surface area contributed by atoms with Gasteiger partial charge in [0.05, 0.1) is 12.7 Å². The number of rotatable bonds is 5. The fourth-order valence-corrected chi connectivity index (χ4v) is 1.00. The Balaban J connectivity index is 1.97. The van der Waals surface area contributed by atoms with E-state index in [1.165, 1.54) is 0 Å². The number of ether oxygens (including phenoxy) is 1. The Bertz CT molecular complexity index is 136. The van der Waals surface area contributed by atoms with Gasteiger partial charge in [0.15, 0.2) is 0 Å². The average molecular weight is 156 g/mol. The summed E-state index contributed by atoms with van der Waals surface area (Å²) in [6.45, 7) is 4.58. The molecule has 0 bridgehead atoms. The minimum Gasteiger partial charge on any atom is -0.378 e. The topological polar surface area (TPSA) is 26.3 Å². The van der Waals surface area contributed by atoms with E-state index in [-0.39, 0.29) is 6.10 Å². The fourth-order valence-electron chi connectivity index (χ4n) is 1.00. The molecule has 0 N–H and O–H groups in total. The second-order valence-corrected chi connectivity index (χ2v) is 3.41. The average Bonchev–Trinajstić information content (AvgIpc) is 2.66. The third-order valence-electron chi connectivity index (χ3n) is 1.83. The van der Waals surface area contributed by atoms with Crippen LogP contribution in [0.25, 0.3) is 0 Å². The highest BCUT2D eigenvalue weighted by atomic mass is 16.5. The molecule has 1 fully saturated rings. The third kappa shape index (κ3) is 3.51. The van der Waals surface area contributed by atoms with Crippen LogP contribution in [0, 0.1) is 5.92 Å². The molecular formula is C9H16O2. The van der Waals surface area contributed by atoms with Gasteiger partial charge in [-0.2, -0.15) is 0 Å². The van der Waals surface area contributed by atoms with E-state index in [0.29, 0.717) is 24.7 Å². The minimum atomic E-state index is 0.252. The highest BCUT2D eigenvalue weighted by Gasteiger charge is 2.28. The molecule has 1 aliphatic carbocycles. The van der Waals surface area contributed by atoms with Crippen LogP contribution in [0.4, 0.5) is 0 Å². The van der Waals surface area contributed by atoms with Gasteiger partial charge in [0.2, 0.25) is 0 Å². The van der Waals surface area contributed by atoms with Crippen molar-refractivity contribution in [3.05, 3.63) is 0 Å². The summed E-state index contributed by atoms with van der Waals surface area (Å²) in [5.74, 6) is 0.788. The lowest BCUT2D eigenvalue weighted by atomic mass is 10.2. The molecule has 0 aromatic rings. The van der Waals surface area contributed by atoms with Gasteiger partial charge >= 0.3 is 0 Å². The second kappa shape index (κ2) is 3.86. The van der Waals surface area contributed by atoms with Crippen LogP contribution in [0.3, 0.4) is 0 Å². The first-order chi connectivity index (χ1) is 5.20. The van der Waals surface area contributed by atoms with Crippen molar-refractivity contribution in [1.29, 1.82) is 0 Å². The van der Waals surface area contributed by atoms with E-state index in [9.17, 15) is 4.79 Å². The predicted octanol–water partition coefficient (Wildman–Crippen LogP) is 1.78. The van der Waals surface area contributed by atoms with Crippen molar-refractivity contribution in [2.24, 2.45) is 5.92 Å². The normalized spacial score (nSPS) is 17.4. The fraction of sp³-hybridized carbons (Fsp3) is 0.889. The zero-order valence-corrected chi connectivity index (χ0v) is 7.30. The van der Waals surface area contributed by atoms with Crippen LogP contribution in [0.2, 0.25) is 0 Å².